The number of amides is 1. The molecule has 1 amide bonds. The van der Waals surface area contributed by atoms with E-state index >= 15 is 0 Å². The first kappa shape index (κ1) is 18.6. The van der Waals surface area contributed by atoms with Crippen molar-refractivity contribution in [3.05, 3.63) is 70.3 Å². The van der Waals surface area contributed by atoms with Crippen LogP contribution in [0, 0.1) is 25.2 Å². The van der Waals surface area contributed by atoms with Gasteiger partial charge in [-0.25, -0.2) is 0 Å². The van der Waals surface area contributed by atoms with Gasteiger partial charge in [-0.3, -0.25) is 4.79 Å². The standard InChI is InChI=1S/C21H20N4OS/c1-12-4-9-17(13(2)10-12)24-20(26)18-14(3)23-21(27)25-19(18)16-7-5-15(11-22)6-8-16/h4-10,14H,1-3H3,(H,24,26)(H2,23,25,27)/t14-/m1/s1. The van der Waals surface area contributed by atoms with Crippen molar-refractivity contribution >= 4 is 34.6 Å². The molecular weight excluding hydrogens is 356 g/mol. The summed E-state index contributed by atoms with van der Waals surface area (Å²) in [5.41, 5.74) is 5.50. The predicted octanol–water partition coefficient (Wildman–Crippen LogP) is 3.39. The Kier molecular flexibility index (Phi) is 5.24. The molecule has 2 aromatic carbocycles. The highest BCUT2D eigenvalue weighted by atomic mass is 32.1. The maximum atomic E-state index is 13.1. The van der Waals surface area contributed by atoms with Crippen LogP contribution in [0.5, 0.6) is 0 Å². The summed E-state index contributed by atoms with van der Waals surface area (Å²) < 4.78 is 0. The minimum Gasteiger partial charge on any atom is -0.356 e. The van der Waals surface area contributed by atoms with E-state index in [1.165, 1.54) is 0 Å². The number of carbonyl (C=O) groups excluding carboxylic acids is 1. The van der Waals surface area contributed by atoms with Crippen molar-refractivity contribution < 1.29 is 4.79 Å². The highest BCUT2D eigenvalue weighted by molar-refractivity contribution is 7.80. The highest BCUT2D eigenvalue weighted by Crippen LogP contribution is 2.25. The number of thiocarbonyl (C=S) groups is 1. The normalized spacial score (nSPS) is 16.2. The van der Waals surface area contributed by atoms with E-state index in [1.54, 1.807) is 12.1 Å². The van der Waals surface area contributed by atoms with Crippen LogP contribution in [0.25, 0.3) is 5.70 Å². The van der Waals surface area contributed by atoms with Crippen molar-refractivity contribution in [3.8, 4) is 6.07 Å². The van der Waals surface area contributed by atoms with Gasteiger partial charge in [0.1, 0.15) is 0 Å². The van der Waals surface area contributed by atoms with Crippen LogP contribution < -0.4 is 16.0 Å². The molecule has 0 radical (unpaired) electrons. The van der Waals surface area contributed by atoms with Crippen molar-refractivity contribution in [2.24, 2.45) is 0 Å². The zero-order valence-corrected chi connectivity index (χ0v) is 16.2. The lowest BCUT2D eigenvalue weighted by Gasteiger charge is -2.29. The quantitative estimate of drug-likeness (QED) is 0.716. The van der Waals surface area contributed by atoms with Gasteiger partial charge in [0.05, 0.1) is 28.9 Å². The lowest BCUT2D eigenvalue weighted by molar-refractivity contribution is -0.113. The molecule has 5 nitrogen and oxygen atoms in total. The van der Waals surface area contributed by atoms with Gasteiger partial charge in [-0.1, -0.05) is 29.8 Å². The summed E-state index contributed by atoms with van der Waals surface area (Å²) in [4.78, 5) is 13.1. The number of nitrogens with one attached hydrogen (secondary N) is 3. The second kappa shape index (κ2) is 7.60. The SMILES string of the molecule is Cc1ccc(NC(=O)C2=C(c3ccc(C#N)cc3)NC(=S)N[C@@H]2C)c(C)c1. The van der Waals surface area contributed by atoms with Crippen molar-refractivity contribution in [1.29, 1.82) is 5.26 Å². The monoisotopic (exact) mass is 376 g/mol. The number of aryl methyl sites for hydroxylation is 2. The molecule has 0 fully saturated rings. The Bertz CT molecular complexity index is 986. The molecule has 0 unspecified atom stereocenters. The Labute approximate surface area is 164 Å². The Morgan fingerprint density at radius 1 is 1.19 bits per heavy atom. The molecule has 0 bridgehead atoms. The van der Waals surface area contributed by atoms with Crippen LogP contribution in [0.15, 0.2) is 48.0 Å². The Morgan fingerprint density at radius 2 is 1.89 bits per heavy atom. The van der Waals surface area contributed by atoms with E-state index in [0.717, 1.165) is 22.4 Å². The number of anilines is 1. The molecule has 0 saturated heterocycles. The summed E-state index contributed by atoms with van der Waals surface area (Å²) >= 11 is 5.27. The summed E-state index contributed by atoms with van der Waals surface area (Å²) in [5, 5.41) is 18.7. The number of benzene rings is 2. The van der Waals surface area contributed by atoms with Gasteiger partial charge in [-0.2, -0.15) is 5.26 Å². The molecule has 0 spiro atoms. The zero-order valence-electron chi connectivity index (χ0n) is 15.4. The summed E-state index contributed by atoms with van der Waals surface area (Å²) in [6, 6.07) is 14.8. The molecule has 0 aliphatic carbocycles. The maximum Gasteiger partial charge on any atom is 0.255 e. The lowest BCUT2D eigenvalue weighted by atomic mass is 9.97. The van der Waals surface area contributed by atoms with Gasteiger partial charge in [-0.05, 0) is 62.3 Å². The molecule has 3 rings (SSSR count). The number of carbonyl (C=O) groups is 1. The molecule has 136 valence electrons. The molecule has 3 N–H and O–H groups in total. The molecule has 1 aliphatic heterocycles. The highest BCUT2D eigenvalue weighted by Gasteiger charge is 2.28. The minimum atomic E-state index is -0.254. The van der Waals surface area contributed by atoms with Gasteiger partial charge in [0, 0.05) is 5.69 Å². The van der Waals surface area contributed by atoms with Gasteiger partial charge >= 0.3 is 0 Å². The third-order valence-corrected chi connectivity index (χ3v) is 4.69. The Morgan fingerprint density at radius 3 is 2.52 bits per heavy atom. The van der Waals surface area contributed by atoms with Crippen LogP contribution >= 0.6 is 12.2 Å². The lowest BCUT2D eigenvalue weighted by Crippen LogP contribution is -2.49. The number of hydrogen-bond acceptors (Lipinski definition) is 3. The van der Waals surface area contributed by atoms with Crippen LogP contribution in [0.3, 0.4) is 0 Å². The van der Waals surface area contributed by atoms with Crippen LogP contribution in [0.1, 0.15) is 29.2 Å². The summed E-state index contributed by atoms with van der Waals surface area (Å²) in [6.45, 7) is 5.88. The van der Waals surface area contributed by atoms with Crippen molar-refractivity contribution in [3.63, 3.8) is 0 Å². The fourth-order valence-corrected chi connectivity index (χ4v) is 3.37. The second-order valence-electron chi connectivity index (χ2n) is 6.57. The maximum absolute atomic E-state index is 13.1. The van der Waals surface area contributed by atoms with E-state index < -0.39 is 0 Å². The molecule has 27 heavy (non-hydrogen) atoms. The average molecular weight is 376 g/mol. The number of rotatable bonds is 3. The van der Waals surface area contributed by atoms with E-state index in [-0.39, 0.29) is 11.9 Å². The first-order chi connectivity index (χ1) is 12.9. The van der Waals surface area contributed by atoms with E-state index in [2.05, 4.69) is 22.0 Å². The molecule has 0 aromatic heterocycles. The summed E-state index contributed by atoms with van der Waals surface area (Å²) in [5.74, 6) is -0.198. The molecule has 1 atom stereocenters. The minimum absolute atomic E-state index is 0.198. The molecule has 0 saturated carbocycles. The van der Waals surface area contributed by atoms with Crippen molar-refractivity contribution in [2.75, 3.05) is 5.32 Å². The van der Waals surface area contributed by atoms with E-state index in [9.17, 15) is 4.79 Å². The molecule has 1 aliphatic rings. The van der Waals surface area contributed by atoms with Crippen LogP contribution in [-0.4, -0.2) is 17.1 Å². The summed E-state index contributed by atoms with van der Waals surface area (Å²) in [7, 11) is 0. The van der Waals surface area contributed by atoms with Gasteiger partial charge in [0.2, 0.25) is 0 Å². The van der Waals surface area contributed by atoms with E-state index in [1.807, 2.05) is 51.1 Å². The smallest absolute Gasteiger partial charge is 0.255 e. The zero-order chi connectivity index (χ0) is 19.6. The molecule has 1 heterocycles. The van der Waals surface area contributed by atoms with E-state index in [4.69, 9.17) is 17.5 Å². The van der Waals surface area contributed by atoms with Gasteiger partial charge in [-0.15, -0.1) is 0 Å². The largest absolute Gasteiger partial charge is 0.356 e. The third kappa shape index (κ3) is 3.99. The second-order valence-corrected chi connectivity index (χ2v) is 6.98. The van der Waals surface area contributed by atoms with Crippen LogP contribution in [-0.2, 0) is 4.79 Å². The molecule has 6 heteroatoms. The summed E-state index contributed by atoms with van der Waals surface area (Å²) in [6.07, 6.45) is 0. The molecule has 2 aromatic rings. The van der Waals surface area contributed by atoms with Gasteiger partial charge in [0.25, 0.3) is 5.91 Å². The van der Waals surface area contributed by atoms with Gasteiger partial charge in [0.15, 0.2) is 5.11 Å². The third-order valence-electron chi connectivity index (χ3n) is 4.47. The topological polar surface area (TPSA) is 77.0 Å². The van der Waals surface area contributed by atoms with Crippen LogP contribution in [0.2, 0.25) is 0 Å². The first-order valence-corrected chi connectivity index (χ1v) is 9.00. The Hall–Kier alpha value is -3.17. The van der Waals surface area contributed by atoms with Crippen molar-refractivity contribution in [2.45, 2.75) is 26.8 Å². The van der Waals surface area contributed by atoms with Gasteiger partial charge < -0.3 is 16.0 Å². The molecular formula is C21H20N4OS. The number of nitrogens with zero attached hydrogens (tertiary/aromatic N) is 1. The fourth-order valence-electron chi connectivity index (χ4n) is 3.10. The van der Waals surface area contributed by atoms with Crippen molar-refractivity contribution in [1.82, 2.24) is 10.6 Å². The van der Waals surface area contributed by atoms with E-state index in [0.29, 0.717) is 21.9 Å². The fraction of sp³-hybridized carbons (Fsp3) is 0.190. The number of nitriles is 1. The first-order valence-electron chi connectivity index (χ1n) is 8.60. The number of hydrogen-bond donors (Lipinski definition) is 3. The Balaban J connectivity index is 2.01. The average Bonchev–Trinajstić information content (AvgIpc) is 2.63. The predicted molar refractivity (Wildman–Crippen MR) is 111 cm³/mol. The van der Waals surface area contributed by atoms with Crippen LogP contribution in [0.4, 0.5) is 5.69 Å².